The molecule has 100 valence electrons. The molecular formula is C15H25N3. The molecule has 1 aromatic heterocycles. The third-order valence-corrected chi connectivity index (χ3v) is 4.27. The van der Waals surface area contributed by atoms with Gasteiger partial charge in [0.05, 0.1) is 11.9 Å². The third-order valence-electron chi connectivity index (χ3n) is 4.27. The van der Waals surface area contributed by atoms with Crippen molar-refractivity contribution in [3.63, 3.8) is 0 Å². The molecule has 0 unspecified atom stereocenters. The number of hydrogen-bond donors (Lipinski definition) is 2. The molecule has 3 heteroatoms. The second kappa shape index (κ2) is 5.17. The minimum absolute atomic E-state index is 0.339. The second-order valence-electron chi connectivity index (χ2n) is 6.26. The van der Waals surface area contributed by atoms with Crippen molar-refractivity contribution in [2.45, 2.75) is 46.5 Å². The first-order valence-electron chi connectivity index (χ1n) is 6.95. The Morgan fingerprint density at radius 1 is 1.39 bits per heavy atom. The van der Waals surface area contributed by atoms with Crippen molar-refractivity contribution in [1.82, 2.24) is 4.98 Å². The fourth-order valence-electron chi connectivity index (χ4n) is 2.94. The molecule has 0 saturated heterocycles. The highest BCUT2D eigenvalue weighted by molar-refractivity contribution is 5.50. The summed E-state index contributed by atoms with van der Waals surface area (Å²) in [5, 5.41) is 3.49. The predicted octanol–water partition coefficient (Wildman–Crippen LogP) is 3.60. The predicted molar refractivity (Wildman–Crippen MR) is 77.6 cm³/mol. The molecule has 0 spiro atoms. The number of nitrogen functional groups attached to an aromatic ring is 1. The first-order valence-corrected chi connectivity index (χ1v) is 6.95. The number of hydrogen-bond acceptors (Lipinski definition) is 3. The van der Waals surface area contributed by atoms with E-state index in [1.54, 1.807) is 6.20 Å². The van der Waals surface area contributed by atoms with E-state index in [2.05, 4.69) is 24.1 Å². The quantitative estimate of drug-likeness (QED) is 0.854. The van der Waals surface area contributed by atoms with E-state index in [1.165, 1.54) is 25.7 Å². The zero-order chi connectivity index (χ0) is 13.2. The molecule has 1 aromatic rings. The van der Waals surface area contributed by atoms with Crippen molar-refractivity contribution in [1.29, 1.82) is 0 Å². The maximum absolute atomic E-state index is 5.72. The Morgan fingerprint density at radius 3 is 2.67 bits per heavy atom. The van der Waals surface area contributed by atoms with Gasteiger partial charge in [-0.1, -0.05) is 26.7 Å². The minimum Gasteiger partial charge on any atom is -0.397 e. The summed E-state index contributed by atoms with van der Waals surface area (Å²) < 4.78 is 0. The van der Waals surface area contributed by atoms with E-state index < -0.39 is 0 Å². The SMILES string of the molecule is Cc1cc(N)cnc1NCC(C)(C)C1CCCC1. The van der Waals surface area contributed by atoms with Gasteiger partial charge in [-0.2, -0.15) is 0 Å². The number of nitrogens with one attached hydrogen (secondary N) is 1. The van der Waals surface area contributed by atoms with Crippen LogP contribution in [-0.2, 0) is 0 Å². The third kappa shape index (κ3) is 2.95. The maximum atomic E-state index is 5.72. The highest BCUT2D eigenvalue weighted by Gasteiger charge is 2.31. The number of rotatable bonds is 4. The summed E-state index contributed by atoms with van der Waals surface area (Å²) in [5.41, 5.74) is 7.91. The van der Waals surface area contributed by atoms with E-state index in [4.69, 9.17) is 5.73 Å². The van der Waals surface area contributed by atoms with Crippen molar-refractivity contribution in [3.05, 3.63) is 17.8 Å². The summed E-state index contributed by atoms with van der Waals surface area (Å²) in [6, 6.07) is 1.97. The molecule has 2 rings (SSSR count). The Morgan fingerprint density at radius 2 is 2.06 bits per heavy atom. The number of anilines is 2. The molecule has 0 radical (unpaired) electrons. The molecule has 0 amide bonds. The molecule has 0 bridgehead atoms. The van der Waals surface area contributed by atoms with E-state index in [9.17, 15) is 0 Å². The zero-order valence-corrected chi connectivity index (χ0v) is 11.8. The molecule has 1 fully saturated rings. The van der Waals surface area contributed by atoms with Crippen molar-refractivity contribution < 1.29 is 0 Å². The number of nitrogens with zero attached hydrogens (tertiary/aromatic N) is 1. The highest BCUT2D eigenvalue weighted by atomic mass is 15.0. The van der Waals surface area contributed by atoms with Gasteiger partial charge in [0.25, 0.3) is 0 Å². The van der Waals surface area contributed by atoms with Crippen LogP contribution in [0.2, 0.25) is 0 Å². The lowest BCUT2D eigenvalue weighted by Gasteiger charge is -2.32. The van der Waals surface area contributed by atoms with Crippen molar-refractivity contribution >= 4 is 11.5 Å². The van der Waals surface area contributed by atoms with E-state index in [1.807, 2.05) is 13.0 Å². The Labute approximate surface area is 110 Å². The summed E-state index contributed by atoms with van der Waals surface area (Å²) in [5.74, 6) is 1.81. The van der Waals surface area contributed by atoms with Gasteiger partial charge in [-0.25, -0.2) is 4.98 Å². The van der Waals surface area contributed by atoms with Crippen LogP contribution >= 0.6 is 0 Å². The molecule has 3 N–H and O–H groups in total. The molecule has 0 aromatic carbocycles. The molecule has 0 aliphatic heterocycles. The highest BCUT2D eigenvalue weighted by Crippen LogP contribution is 2.39. The molecule has 1 aliphatic carbocycles. The zero-order valence-electron chi connectivity index (χ0n) is 11.8. The smallest absolute Gasteiger partial charge is 0.129 e. The molecule has 18 heavy (non-hydrogen) atoms. The topological polar surface area (TPSA) is 50.9 Å². The van der Waals surface area contributed by atoms with Gasteiger partial charge in [0.1, 0.15) is 5.82 Å². The monoisotopic (exact) mass is 247 g/mol. The first kappa shape index (κ1) is 13.2. The summed E-state index contributed by atoms with van der Waals surface area (Å²) in [4.78, 5) is 4.37. The average Bonchev–Trinajstić information content (AvgIpc) is 2.82. The van der Waals surface area contributed by atoms with Gasteiger partial charge in [0.2, 0.25) is 0 Å². The van der Waals surface area contributed by atoms with E-state index in [0.717, 1.165) is 29.5 Å². The van der Waals surface area contributed by atoms with Gasteiger partial charge in [-0.3, -0.25) is 0 Å². The Bertz CT molecular complexity index is 406. The Hall–Kier alpha value is -1.25. The van der Waals surface area contributed by atoms with E-state index in [0.29, 0.717) is 5.41 Å². The maximum Gasteiger partial charge on any atom is 0.129 e. The molecule has 1 saturated carbocycles. The van der Waals surface area contributed by atoms with Crippen LogP contribution in [0.25, 0.3) is 0 Å². The van der Waals surface area contributed by atoms with Crippen LogP contribution in [0.3, 0.4) is 0 Å². The van der Waals surface area contributed by atoms with Crippen LogP contribution in [0.5, 0.6) is 0 Å². The normalized spacial score (nSPS) is 17.1. The van der Waals surface area contributed by atoms with Gasteiger partial charge in [0, 0.05) is 6.54 Å². The molecular weight excluding hydrogens is 222 g/mol. The van der Waals surface area contributed by atoms with Crippen LogP contribution in [0, 0.1) is 18.3 Å². The second-order valence-corrected chi connectivity index (χ2v) is 6.26. The van der Waals surface area contributed by atoms with Crippen LogP contribution in [0.1, 0.15) is 45.1 Å². The standard InChI is InChI=1S/C15H25N3/c1-11-8-13(16)9-17-14(11)18-10-15(2,3)12-6-4-5-7-12/h8-9,12H,4-7,10,16H2,1-3H3,(H,17,18). The van der Waals surface area contributed by atoms with E-state index >= 15 is 0 Å². The van der Waals surface area contributed by atoms with Crippen LogP contribution in [0.15, 0.2) is 12.3 Å². The molecule has 3 nitrogen and oxygen atoms in total. The molecule has 0 atom stereocenters. The fraction of sp³-hybridized carbons (Fsp3) is 0.667. The summed E-state index contributed by atoms with van der Waals surface area (Å²) in [6.07, 6.45) is 7.27. The number of pyridine rings is 1. The van der Waals surface area contributed by atoms with Crippen LogP contribution in [-0.4, -0.2) is 11.5 Å². The number of aromatic nitrogens is 1. The lowest BCUT2D eigenvalue weighted by molar-refractivity contribution is 0.234. The van der Waals surface area contributed by atoms with Crippen molar-refractivity contribution in [2.75, 3.05) is 17.6 Å². The lowest BCUT2D eigenvalue weighted by Crippen LogP contribution is -2.30. The largest absolute Gasteiger partial charge is 0.397 e. The first-order chi connectivity index (χ1) is 8.49. The van der Waals surface area contributed by atoms with Gasteiger partial charge in [-0.05, 0) is 42.7 Å². The Kier molecular flexibility index (Phi) is 3.79. The minimum atomic E-state index is 0.339. The fourth-order valence-corrected chi connectivity index (χ4v) is 2.94. The summed E-state index contributed by atoms with van der Waals surface area (Å²) in [6.45, 7) is 7.76. The van der Waals surface area contributed by atoms with Gasteiger partial charge in [0.15, 0.2) is 0 Å². The molecule has 1 aliphatic rings. The van der Waals surface area contributed by atoms with Crippen molar-refractivity contribution in [3.8, 4) is 0 Å². The lowest BCUT2D eigenvalue weighted by atomic mass is 9.78. The summed E-state index contributed by atoms with van der Waals surface area (Å²) in [7, 11) is 0. The van der Waals surface area contributed by atoms with Crippen LogP contribution in [0.4, 0.5) is 11.5 Å². The average molecular weight is 247 g/mol. The number of aryl methyl sites for hydroxylation is 1. The van der Waals surface area contributed by atoms with Gasteiger partial charge < -0.3 is 11.1 Å². The Balaban J connectivity index is 1.97. The van der Waals surface area contributed by atoms with Gasteiger partial charge in [-0.15, -0.1) is 0 Å². The summed E-state index contributed by atoms with van der Waals surface area (Å²) >= 11 is 0. The molecule has 1 heterocycles. The number of nitrogens with two attached hydrogens (primary N) is 1. The van der Waals surface area contributed by atoms with Crippen LogP contribution < -0.4 is 11.1 Å². The van der Waals surface area contributed by atoms with Crippen molar-refractivity contribution in [2.24, 2.45) is 11.3 Å². The van der Waals surface area contributed by atoms with Gasteiger partial charge >= 0.3 is 0 Å². The van der Waals surface area contributed by atoms with E-state index in [-0.39, 0.29) is 0 Å².